The average molecular weight is 357 g/mol. The minimum absolute atomic E-state index is 0.0453. The average Bonchev–Trinajstić information content (AvgIpc) is 2.85. The molecular weight excluding hydrogens is 337 g/mol. The van der Waals surface area contributed by atoms with Crippen molar-refractivity contribution in [3.63, 3.8) is 0 Å². The van der Waals surface area contributed by atoms with Gasteiger partial charge in [0.25, 0.3) is 5.91 Å². The van der Waals surface area contributed by atoms with Crippen molar-refractivity contribution in [1.82, 2.24) is 5.32 Å². The molecule has 6 nitrogen and oxygen atoms in total. The smallest absolute Gasteiger partial charge is 0.306 e. The molecule has 24 heavy (non-hydrogen) atoms. The molecule has 1 aliphatic heterocycles. The van der Waals surface area contributed by atoms with Crippen molar-refractivity contribution in [3.05, 3.63) is 35.6 Å². The molecule has 1 aliphatic rings. The summed E-state index contributed by atoms with van der Waals surface area (Å²) in [5.41, 5.74) is 0.405. The molecule has 0 aliphatic carbocycles. The summed E-state index contributed by atoms with van der Waals surface area (Å²) >= 11 is 0. The van der Waals surface area contributed by atoms with Gasteiger partial charge in [-0.05, 0) is 31.4 Å². The fraction of sp³-hybridized carbons (Fsp3) is 0.500. The summed E-state index contributed by atoms with van der Waals surface area (Å²) in [4.78, 5) is 23.7. The molecule has 1 aromatic rings. The highest BCUT2D eigenvalue weighted by molar-refractivity contribution is 7.91. The quantitative estimate of drug-likeness (QED) is 0.767. The molecular formula is C16H20FNO5S. The Morgan fingerprint density at radius 1 is 1.38 bits per heavy atom. The maximum atomic E-state index is 13.5. The molecule has 8 heteroatoms. The van der Waals surface area contributed by atoms with E-state index in [1.54, 1.807) is 18.2 Å². The monoisotopic (exact) mass is 357 g/mol. The van der Waals surface area contributed by atoms with Crippen molar-refractivity contribution >= 4 is 21.7 Å². The first-order valence-electron chi connectivity index (χ1n) is 7.70. The van der Waals surface area contributed by atoms with E-state index in [0.717, 1.165) is 0 Å². The normalized spacial score (nSPS) is 20.3. The van der Waals surface area contributed by atoms with Crippen LogP contribution in [-0.2, 0) is 30.6 Å². The van der Waals surface area contributed by atoms with Gasteiger partial charge in [-0.25, -0.2) is 12.8 Å². The van der Waals surface area contributed by atoms with E-state index in [1.165, 1.54) is 13.0 Å². The van der Waals surface area contributed by atoms with Crippen molar-refractivity contribution in [2.75, 3.05) is 11.5 Å². The van der Waals surface area contributed by atoms with Crippen molar-refractivity contribution in [2.45, 2.75) is 38.3 Å². The van der Waals surface area contributed by atoms with E-state index in [1.807, 2.05) is 0 Å². The van der Waals surface area contributed by atoms with Crippen LogP contribution in [0.4, 0.5) is 4.39 Å². The second-order valence-electron chi connectivity index (χ2n) is 5.83. The molecule has 1 amide bonds. The predicted octanol–water partition coefficient (Wildman–Crippen LogP) is 0.993. The lowest BCUT2D eigenvalue weighted by Crippen LogP contribution is -2.42. The van der Waals surface area contributed by atoms with Crippen LogP contribution in [0.15, 0.2) is 24.3 Å². The third-order valence-corrected chi connectivity index (χ3v) is 5.58. The molecule has 1 fully saturated rings. The maximum Gasteiger partial charge on any atom is 0.306 e. The van der Waals surface area contributed by atoms with Crippen molar-refractivity contribution < 1.29 is 27.1 Å². The number of halogens is 1. The van der Waals surface area contributed by atoms with E-state index in [2.05, 4.69) is 5.32 Å². The number of carbonyl (C=O) groups is 2. The van der Waals surface area contributed by atoms with Gasteiger partial charge in [0, 0.05) is 12.5 Å². The summed E-state index contributed by atoms with van der Waals surface area (Å²) in [6.07, 6.45) is -0.527. The van der Waals surface area contributed by atoms with Crippen molar-refractivity contribution in [2.24, 2.45) is 0 Å². The van der Waals surface area contributed by atoms with E-state index in [-0.39, 0.29) is 24.3 Å². The fourth-order valence-corrected chi connectivity index (χ4v) is 4.15. The van der Waals surface area contributed by atoms with E-state index < -0.39 is 39.7 Å². The topological polar surface area (TPSA) is 89.5 Å². The molecule has 0 radical (unpaired) electrons. The number of amides is 1. The van der Waals surface area contributed by atoms with E-state index >= 15 is 0 Å². The Morgan fingerprint density at radius 2 is 2.08 bits per heavy atom. The fourth-order valence-electron chi connectivity index (χ4n) is 2.47. The molecule has 132 valence electrons. The molecule has 1 N–H and O–H groups in total. The summed E-state index contributed by atoms with van der Waals surface area (Å²) in [6.45, 7) is 1.42. The first kappa shape index (κ1) is 18.4. The molecule has 0 spiro atoms. The number of hydrogen-bond donors (Lipinski definition) is 1. The van der Waals surface area contributed by atoms with Crippen molar-refractivity contribution in [1.29, 1.82) is 0 Å². The van der Waals surface area contributed by atoms with Crippen LogP contribution in [0.1, 0.15) is 25.3 Å². The Kier molecular flexibility index (Phi) is 5.93. The van der Waals surface area contributed by atoms with Gasteiger partial charge < -0.3 is 10.1 Å². The Hall–Kier alpha value is -1.96. The number of nitrogens with one attached hydrogen (secondary N) is 1. The van der Waals surface area contributed by atoms with Gasteiger partial charge in [0.05, 0.1) is 11.5 Å². The molecule has 2 rings (SSSR count). The zero-order chi connectivity index (χ0) is 17.7. The van der Waals surface area contributed by atoms with Gasteiger partial charge >= 0.3 is 5.97 Å². The molecule has 0 bridgehead atoms. The molecule has 0 aromatic heterocycles. The molecule has 0 unspecified atom stereocenters. The van der Waals surface area contributed by atoms with Crippen LogP contribution in [-0.4, -0.2) is 43.9 Å². The Labute approximate surface area is 140 Å². The second kappa shape index (κ2) is 7.74. The predicted molar refractivity (Wildman–Crippen MR) is 85.5 cm³/mol. The van der Waals surface area contributed by atoms with Gasteiger partial charge in [0.2, 0.25) is 0 Å². The summed E-state index contributed by atoms with van der Waals surface area (Å²) in [5, 5.41) is 2.57. The van der Waals surface area contributed by atoms with Crippen molar-refractivity contribution in [3.8, 4) is 0 Å². The first-order chi connectivity index (χ1) is 11.3. The second-order valence-corrected chi connectivity index (χ2v) is 8.06. The summed E-state index contributed by atoms with van der Waals surface area (Å²) < 4.78 is 41.2. The highest BCUT2D eigenvalue weighted by Crippen LogP contribution is 2.12. The standard InChI is InChI=1S/C16H20FNO5S/c1-11(16(20)18-13-8-9-24(21,22)10-13)23-15(19)7-6-12-4-2-3-5-14(12)17/h2-5,11,13H,6-10H2,1H3,(H,18,20)/t11-,13+/m1/s1. The van der Waals surface area contributed by atoms with Crippen LogP contribution in [0.25, 0.3) is 0 Å². The lowest BCUT2D eigenvalue weighted by Gasteiger charge is -2.16. The number of benzene rings is 1. The van der Waals surface area contributed by atoms with E-state index in [4.69, 9.17) is 4.74 Å². The van der Waals surface area contributed by atoms with Crippen LogP contribution in [0, 0.1) is 5.82 Å². The van der Waals surface area contributed by atoms with Crippen LogP contribution in [0.5, 0.6) is 0 Å². The minimum atomic E-state index is -3.09. The van der Waals surface area contributed by atoms with Crippen LogP contribution in [0.3, 0.4) is 0 Å². The lowest BCUT2D eigenvalue weighted by atomic mass is 10.1. The van der Waals surface area contributed by atoms with Gasteiger partial charge in [-0.15, -0.1) is 0 Å². The van der Waals surface area contributed by atoms with Crippen LogP contribution >= 0.6 is 0 Å². The zero-order valence-electron chi connectivity index (χ0n) is 13.3. The van der Waals surface area contributed by atoms with E-state index in [9.17, 15) is 22.4 Å². The molecule has 1 heterocycles. The van der Waals surface area contributed by atoms with Gasteiger partial charge in [0.1, 0.15) is 5.82 Å². The minimum Gasteiger partial charge on any atom is -0.453 e. The third-order valence-electron chi connectivity index (χ3n) is 3.81. The van der Waals surface area contributed by atoms with Gasteiger partial charge in [-0.2, -0.15) is 0 Å². The van der Waals surface area contributed by atoms with Gasteiger partial charge in [-0.3, -0.25) is 9.59 Å². The summed E-state index contributed by atoms with van der Waals surface area (Å²) in [6, 6.07) is 5.69. The Bertz CT molecular complexity index is 719. The number of aryl methyl sites for hydroxylation is 1. The number of esters is 1. The number of hydrogen-bond acceptors (Lipinski definition) is 5. The summed E-state index contributed by atoms with van der Waals surface area (Å²) in [5.74, 6) is -1.57. The highest BCUT2D eigenvalue weighted by Gasteiger charge is 2.30. The SMILES string of the molecule is C[C@@H](OC(=O)CCc1ccccc1F)C(=O)N[C@H]1CCS(=O)(=O)C1. The van der Waals surface area contributed by atoms with Crippen LogP contribution in [0.2, 0.25) is 0 Å². The largest absolute Gasteiger partial charge is 0.453 e. The lowest BCUT2D eigenvalue weighted by molar-refractivity contribution is -0.155. The Balaban J connectivity index is 1.76. The molecule has 1 saturated heterocycles. The summed E-state index contributed by atoms with van der Waals surface area (Å²) in [7, 11) is -3.09. The maximum absolute atomic E-state index is 13.5. The third kappa shape index (κ3) is 5.30. The van der Waals surface area contributed by atoms with Crippen LogP contribution < -0.4 is 5.32 Å². The molecule has 1 aromatic carbocycles. The number of ether oxygens (including phenoxy) is 1. The van der Waals surface area contributed by atoms with Gasteiger partial charge in [-0.1, -0.05) is 18.2 Å². The number of carbonyl (C=O) groups excluding carboxylic acids is 2. The number of rotatable bonds is 6. The first-order valence-corrected chi connectivity index (χ1v) is 9.52. The molecule has 0 saturated carbocycles. The van der Waals surface area contributed by atoms with Gasteiger partial charge in [0.15, 0.2) is 15.9 Å². The molecule has 2 atom stereocenters. The Morgan fingerprint density at radius 3 is 2.71 bits per heavy atom. The highest BCUT2D eigenvalue weighted by atomic mass is 32.2. The van der Waals surface area contributed by atoms with E-state index in [0.29, 0.717) is 12.0 Å². The number of sulfone groups is 1. The zero-order valence-corrected chi connectivity index (χ0v) is 14.1.